The number of nitrogens with one attached hydrogen (secondary N) is 1. The van der Waals surface area contributed by atoms with E-state index in [1.54, 1.807) is 6.20 Å². The van der Waals surface area contributed by atoms with Crippen molar-refractivity contribution in [2.45, 2.75) is 43.4 Å². The van der Waals surface area contributed by atoms with E-state index in [2.05, 4.69) is 25.2 Å². The summed E-state index contributed by atoms with van der Waals surface area (Å²) in [7, 11) is -4.18. The second-order valence-electron chi connectivity index (χ2n) is 10.1. The number of halogens is 3. The van der Waals surface area contributed by atoms with E-state index >= 15 is 4.39 Å². The third-order valence-corrected chi connectivity index (χ3v) is 9.10. The standard InChI is InChI=1S/C27H31F2N7O3S.ClH/c28-21-14-24(40(38,39)36-10-3-4-11-36)22(29)13-20(21)23-17-32-26(30)25(34-23)27(37)33-19-12-18(15-31-16-19)6-5-9-35-7-1-2-8-35;/h12-17H,1-11H2,(H2,30,32)(H,33,37);1H. The molecule has 14 heteroatoms. The molecule has 2 aromatic heterocycles. The first-order valence-corrected chi connectivity index (χ1v) is 14.8. The maximum atomic E-state index is 15.1. The first-order valence-electron chi connectivity index (χ1n) is 13.3. The zero-order chi connectivity index (χ0) is 28.3. The van der Waals surface area contributed by atoms with Crippen LogP contribution in [0.2, 0.25) is 0 Å². The first kappa shape index (κ1) is 30.7. The average molecular weight is 608 g/mol. The number of amides is 1. The lowest BCUT2D eigenvalue weighted by Gasteiger charge is -2.17. The molecular formula is C27H32ClF2N7O3S. The van der Waals surface area contributed by atoms with Crippen LogP contribution in [-0.2, 0) is 16.4 Å². The molecular weight excluding hydrogens is 576 g/mol. The highest BCUT2D eigenvalue weighted by Crippen LogP contribution is 2.30. The van der Waals surface area contributed by atoms with Gasteiger partial charge in [-0.25, -0.2) is 27.2 Å². The summed E-state index contributed by atoms with van der Waals surface area (Å²) in [6.07, 6.45) is 9.91. The van der Waals surface area contributed by atoms with E-state index in [4.69, 9.17) is 5.73 Å². The quantitative estimate of drug-likeness (QED) is 0.374. The van der Waals surface area contributed by atoms with Gasteiger partial charge in [-0.3, -0.25) is 9.78 Å². The Kier molecular flexibility index (Phi) is 9.84. The van der Waals surface area contributed by atoms with Crippen LogP contribution in [0.15, 0.2) is 41.7 Å². The number of nitrogens with two attached hydrogens (primary N) is 1. The predicted molar refractivity (Wildman–Crippen MR) is 153 cm³/mol. The van der Waals surface area contributed by atoms with Gasteiger partial charge in [0.15, 0.2) is 11.5 Å². The highest BCUT2D eigenvalue weighted by molar-refractivity contribution is 7.89. The number of anilines is 2. The molecule has 2 aliphatic heterocycles. The smallest absolute Gasteiger partial charge is 0.278 e. The Morgan fingerprint density at radius 2 is 1.68 bits per heavy atom. The number of aryl methyl sites for hydroxylation is 1. The Morgan fingerprint density at radius 1 is 0.976 bits per heavy atom. The summed E-state index contributed by atoms with van der Waals surface area (Å²) in [4.78, 5) is 27.0. The van der Waals surface area contributed by atoms with Gasteiger partial charge in [0.05, 0.1) is 23.8 Å². The third-order valence-electron chi connectivity index (χ3n) is 7.19. The maximum absolute atomic E-state index is 15.1. The van der Waals surface area contributed by atoms with Gasteiger partial charge < -0.3 is 16.0 Å². The molecule has 3 N–H and O–H groups in total. The van der Waals surface area contributed by atoms with Crippen LogP contribution in [0.1, 0.15) is 48.2 Å². The van der Waals surface area contributed by atoms with Crippen LogP contribution in [-0.4, -0.2) is 71.2 Å². The monoisotopic (exact) mass is 607 g/mol. The number of benzene rings is 1. The highest BCUT2D eigenvalue weighted by Gasteiger charge is 2.31. The molecule has 2 aliphatic rings. The molecule has 0 atom stereocenters. The van der Waals surface area contributed by atoms with Gasteiger partial charge in [-0.2, -0.15) is 4.31 Å². The molecule has 0 saturated carbocycles. The van der Waals surface area contributed by atoms with Gasteiger partial charge in [0.2, 0.25) is 10.0 Å². The number of carbonyl (C=O) groups excluding carboxylic acids is 1. The summed E-state index contributed by atoms with van der Waals surface area (Å²) in [5.74, 6) is -3.04. The lowest BCUT2D eigenvalue weighted by atomic mass is 10.1. The van der Waals surface area contributed by atoms with Crippen molar-refractivity contribution in [3.8, 4) is 11.3 Å². The molecule has 41 heavy (non-hydrogen) atoms. The van der Waals surface area contributed by atoms with Crippen molar-refractivity contribution in [1.82, 2.24) is 24.2 Å². The summed E-state index contributed by atoms with van der Waals surface area (Å²) in [5.41, 5.74) is 6.48. The van der Waals surface area contributed by atoms with Crippen LogP contribution >= 0.6 is 12.4 Å². The van der Waals surface area contributed by atoms with Crippen LogP contribution in [0.4, 0.5) is 20.3 Å². The molecule has 3 aromatic rings. The second-order valence-corrected chi connectivity index (χ2v) is 12.0. The minimum Gasteiger partial charge on any atom is -0.382 e. The molecule has 220 valence electrons. The van der Waals surface area contributed by atoms with E-state index in [-0.39, 0.29) is 48.3 Å². The molecule has 2 saturated heterocycles. The van der Waals surface area contributed by atoms with Gasteiger partial charge in [0.1, 0.15) is 16.5 Å². The van der Waals surface area contributed by atoms with Crippen LogP contribution in [0.5, 0.6) is 0 Å². The molecule has 0 spiro atoms. The van der Waals surface area contributed by atoms with Crippen molar-refractivity contribution < 1.29 is 22.0 Å². The zero-order valence-corrected chi connectivity index (χ0v) is 24.0. The average Bonchev–Trinajstić information content (AvgIpc) is 3.66. The van der Waals surface area contributed by atoms with E-state index in [0.29, 0.717) is 24.6 Å². The van der Waals surface area contributed by atoms with Crippen LogP contribution in [0, 0.1) is 11.6 Å². The van der Waals surface area contributed by atoms with Gasteiger partial charge in [-0.15, -0.1) is 12.4 Å². The molecule has 1 amide bonds. The number of hydrogen-bond acceptors (Lipinski definition) is 8. The first-order chi connectivity index (χ1) is 19.2. The number of carbonyl (C=O) groups is 1. The SMILES string of the molecule is Cl.Nc1ncc(-c2cc(F)c(S(=O)(=O)N3CCCC3)cc2F)nc1C(=O)Nc1cncc(CCCN2CCCC2)c1. The van der Waals surface area contributed by atoms with E-state index in [1.165, 1.54) is 19.0 Å². The van der Waals surface area contributed by atoms with Crippen molar-refractivity contribution in [2.24, 2.45) is 0 Å². The number of likely N-dealkylation sites (tertiary alicyclic amines) is 1. The number of hydrogen-bond donors (Lipinski definition) is 2. The summed E-state index contributed by atoms with van der Waals surface area (Å²) in [6.45, 7) is 3.79. The van der Waals surface area contributed by atoms with Crippen molar-refractivity contribution >= 4 is 39.8 Å². The summed E-state index contributed by atoms with van der Waals surface area (Å²) in [5, 5.41) is 2.69. The minimum atomic E-state index is -4.18. The fourth-order valence-electron chi connectivity index (χ4n) is 5.08. The fraction of sp³-hybridized carbons (Fsp3) is 0.407. The molecule has 1 aromatic carbocycles. The Morgan fingerprint density at radius 3 is 2.41 bits per heavy atom. The summed E-state index contributed by atoms with van der Waals surface area (Å²) >= 11 is 0. The van der Waals surface area contributed by atoms with Gasteiger partial charge in [-0.05, 0) is 81.9 Å². The van der Waals surface area contributed by atoms with Crippen LogP contribution < -0.4 is 11.1 Å². The van der Waals surface area contributed by atoms with E-state index < -0.39 is 32.5 Å². The minimum absolute atomic E-state index is 0. The van der Waals surface area contributed by atoms with Crippen molar-refractivity contribution in [3.63, 3.8) is 0 Å². The summed E-state index contributed by atoms with van der Waals surface area (Å²) in [6, 6.07) is 3.20. The van der Waals surface area contributed by atoms with Crippen LogP contribution in [0.25, 0.3) is 11.3 Å². The van der Waals surface area contributed by atoms with Gasteiger partial charge in [0, 0.05) is 24.8 Å². The number of rotatable bonds is 9. The number of pyridine rings is 1. The molecule has 0 bridgehead atoms. The Hall–Kier alpha value is -3.26. The molecule has 0 radical (unpaired) electrons. The maximum Gasteiger partial charge on any atom is 0.278 e. The third kappa shape index (κ3) is 6.97. The van der Waals surface area contributed by atoms with Crippen molar-refractivity contribution in [2.75, 3.05) is 43.8 Å². The predicted octanol–water partition coefficient (Wildman–Crippen LogP) is 3.89. The van der Waals surface area contributed by atoms with Crippen molar-refractivity contribution in [3.05, 3.63) is 59.7 Å². The molecule has 4 heterocycles. The van der Waals surface area contributed by atoms with Gasteiger partial charge >= 0.3 is 0 Å². The number of sulfonamides is 1. The normalized spacial score (nSPS) is 16.0. The molecule has 2 fully saturated rings. The Labute approximate surface area is 243 Å². The fourth-order valence-corrected chi connectivity index (χ4v) is 6.66. The van der Waals surface area contributed by atoms with Crippen molar-refractivity contribution in [1.29, 1.82) is 0 Å². The molecule has 0 aliphatic carbocycles. The van der Waals surface area contributed by atoms with Gasteiger partial charge in [0.25, 0.3) is 5.91 Å². The Bertz CT molecular complexity index is 1510. The van der Waals surface area contributed by atoms with E-state index in [9.17, 15) is 17.6 Å². The largest absolute Gasteiger partial charge is 0.382 e. The molecule has 0 unspecified atom stereocenters. The van der Waals surface area contributed by atoms with Gasteiger partial charge in [-0.1, -0.05) is 0 Å². The highest BCUT2D eigenvalue weighted by atomic mass is 35.5. The molecule has 10 nitrogen and oxygen atoms in total. The van der Waals surface area contributed by atoms with E-state index in [1.807, 2.05) is 6.07 Å². The lowest BCUT2D eigenvalue weighted by Crippen LogP contribution is -2.28. The number of nitrogens with zero attached hydrogens (tertiary/aromatic N) is 5. The molecule has 5 rings (SSSR count). The van der Waals surface area contributed by atoms with Crippen LogP contribution in [0.3, 0.4) is 0 Å². The number of aromatic nitrogens is 3. The topological polar surface area (TPSA) is 134 Å². The Balaban J connectivity index is 0.00000387. The zero-order valence-electron chi connectivity index (χ0n) is 22.4. The lowest BCUT2D eigenvalue weighted by molar-refractivity contribution is 0.102. The summed E-state index contributed by atoms with van der Waals surface area (Å²) < 4.78 is 56.7. The second kappa shape index (κ2) is 13.1. The van der Waals surface area contributed by atoms with E-state index in [0.717, 1.165) is 54.6 Å². The number of nitrogen functional groups attached to an aromatic ring is 1.